The fourth-order valence-corrected chi connectivity index (χ4v) is 2.80. The Morgan fingerprint density at radius 3 is 2.85 bits per heavy atom. The second-order valence-corrected chi connectivity index (χ2v) is 5.61. The number of aromatic nitrogens is 3. The van der Waals surface area contributed by atoms with Gasteiger partial charge in [-0.2, -0.15) is 0 Å². The molecule has 0 aliphatic heterocycles. The average Bonchev–Trinajstić information content (AvgIpc) is 2.45. The van der Waals surface area contributed by atoms with Crippen LogP contribution in [0, 0.1) is 6.92 Å². The number of hydrogen-bond acceptors (Lipinski definition) is 5. The fraction of sp³-hybridized carbons (Fsp3) is 0.400. The van der Waals surface area contributed by atoms with Crippen molar-refractivity contribution in [2.24, 2.45) is 0 Å². The molecule has 0 spiro atoms. The van der Waals surface area contributed by atoms with Crippen LogP contribution >= 0.6 is 11.8 Å². The van der Waals surface area contributed by atoms with Crippen molar-refractivity contribution in [3.8, 4) is 0 Å². The molecule has 2 heterocycles. The summed E-state index contributed by atoms with van der Waals surface area (Å²) >= 11 is 1.52. The molecule has 0 radical (unpaired) electrons. The van der Waals surface area contributed by atoms with Crippen LogP contribution in [0.1, 0.15) is 37.6 Å². The van der Waals surface area contributed by atoms with Crippen LogP contribution in [-0.2, 0) is 0 Å². The third-order valence-electron chi connectivity index (χ3n) is 2.93. The van der Waals surface area contributed by atoms with Gasteiger partial charge in [-0.15, -0.1) is 0 Å². The molecule has 2 aromatic rings. The van der Waals surface area contributed by atoms with Gasteiger partial charge in [0.1, 0.15) is 5.03 Å². The molecule has 0 fully saturated rings. The number of nitrogens with zero attached hydrogens (tertiary/aromatic N) is 3. The highest BCUT2D eigenvalue weighted by molar-refractivity contribution is 7.99. The molecule has 2 rings (SSSR count). The molecular weight excluding hydrogens is 268 g/mol. The lowest BCUT2D eigenvalue weighted by Crippen LogP contribution is -2.20. The van der Waals surface area contributed by atoms with Gasteiger partial charge in [0, 0.05) is 29.7 Å². The molecule has 0 aromatic carbocycles. The summed E-state index contributed by atoms with van der Waals surface area (Å²) in [6.07, 6.45) is 4.72. The van der Waals surface area contributed by atoms with Gasteiger partial charge in [-0.25, -0.2) is 15.0 Å². The molecular formula is C15H20N4S. The third-order valence-corrected chi connectivity index (χ3v) is 3.84. The van der Waals surface area contributed by atoms with Crippen molar-refractivity contribution in [3.05, 3.63) is 41.9 Å². The summed E-state index contributed by atoms with van der Waals surface area (Å²) in [5, 5.41) is 5.20. The second kappa shape index (κ2) is 7.36. The zero-order chi connectivity index (χ0) is 14.4. The molecule has 106 valence electrons. The molecule has 0 saturated carbocycles. The van der Waals surface area contributed by atoms with Gasteiger partial charge in [0.25, 0.3) is 0 Å². The zero-order valence-corrected chi connectivity index (χ0v) is 12.9. The Hall–Kier alpha value is -1.46. The maximum absolute atomic E-state index is 4.48. The lowest BCUT2D eigenvalue weighted by atomic mass is 10.1. The summed E-state index contributed by atoms with van der Waals surface area (Å²) in [5.74, 6) is 0. The number of nitrogens with one attached hydrogen (secondary N) is 1. The summed E-state index contributed by atoms with van der Waals surface area (Å²) in [5.41, 5.74) is 2.16. The van der Waals surface area contributed by atoms with Gasteiger partial charge in [0.15, 0.2) is 5.16 Å². The maximum Gasteiger partial charge on any atom is 0.194 e. The van der Waals surface area contributed by atoms with E-state index in [1.54, 1.807) is 6.20 Å². The van der Waals surface area contributed by atoms with E-state index in [0.717, 1.165) is 28.8 Å². The molecule has 0 amide bonds. The molecule has 0 aliphatic rings. The van der Waals surface area contributed by atoms with Crippen LogP contribution in [0.2, 0.25) is 0 Å². The quantitative estimate of drug-likeness (QED) is 0.826. The Labute approximate surface area is 124 Å². The van der Waals surface area contributed by atoms with Crippen molar-refractivity contribution in [3.63, 3.8) is 0 Å². The van der Waals surface area contributed by atoms with Crippen molar-refractivity contribution in [2.75, 3.05) is 6.54 Å². The number of pyridine rings is 1. The van der Waals surface area contributed by atoms with Crippen LogP contribution < -0.4 is 5.32 Å². The Bertz CT molecular complexity index is 559. The molecule has 5 heteroatoms. The maximum atomic E-state index is 4.48. The lowest BCUT2D eigenvalue weighted by molar-refractivity contribution is 0.560. The van der Waals surface area contributed by atoms with E-state index in [4.69, 9.17) is 0 Å². The van der Waals surface area contributed by atoms with Crippen molar-refractivity contribution in [2.45, 2.75) is 43.4 Å². The number of aryl methyl sites for hydroxylation is 1. The topological polar surface area (TPSA) is 50.7 Å². The number of hydrogen-bond donors (Lipinski definition) is 1. The highest BCUT2D eigenvalue weighted by Crippen LogP contribution is 2.29. The minimum atomic E-state index is 0.274. The van der Waals surface area contributed by atoms with E-state index in [2.05, 4.69) is 40.2 Å². The van der Waals surface area contributed by atoms with Gasteiger partial charge in [-0.05, 0) is 50.7 Å². The van der Waals surface area contributed by atoms with Crippen molar-refractivity contribution >= 4 is 11.8 Å². The lowest BCUT2D eigenvalue weighted by Gasteiger charge is -2.16. The van der Waals surface area contributed by atoms with Crippen LogP contribution in [0.25, 0.3) is 0 Å². The summed E-state index contributed by atoms with van der Waals surface area (Å²) < 4.78 is 0. The van der Waals surface area contributed by atoms with Crippen LogP contribution in [0.3, 0.4) is 0 Å². The molecule has 20 heavy (non-hydrogen) atoms. The van der Waals surface area contributed by atoms with Gasteiger partial charge in [0.05, 0.1) is 0 Å². The van der Waals surface area contributed by atoms with Crippen molar-refractivity contribution in [1.82, 2.24) is 20.3 Å². The highest BCUT2D eigenvalue weighted by atomic mass is 32.2. The summed E-state index contributed by atoms with van der Waals surface area (Å²) in [7, 11) is 0. The first kappa shape index (κ1) is 14.9. The first-order valence-corrected chi connectivity index (χ1v) is 7.68. The largest absolute Gasteiger partial charge is 0.310 e. The molecule has 1 atom stereocenters. The Morgan fingerprint density at radius 2 is 2.10 bits per heavy atom. The highest BCUT2D eigenvalue weighted by Gasteiger charge is 2.13. The van der Waals surface area contributed by atoms with Gasteiger partial charge >= 0.3 is 0 Å². The van der Waals surface area contributed by atoms with Crippen LogP contribution in [-0.4, -0.2) is 21.5 Å². The monoisotopic (exact) mass is 288 g/mol. The first-order valence-electron chi connectivity index (χ1n) is 6.86. The van der Waals surface area contributed by atoms with E-state index in [-0.39, 0.29) is 6.04 Å². The zero-order valence-electron chi connectivity index (χ0n) is 12.1. The second-order valence-electron chi connectivity index (χ2n) is 4.66. The molecule has 0 aliphatic carbocycles. The van der Waals surface area contributed by atoms with E-state index in [9.17, 15) is 0 Å². The van der Waals surface area contributed by atoms with Gasteiger partial charge < -0.3 is 5.32 Å². The van der Waals surface area contributed by atoms with Crippen molar-refractivity contribution < 1.29 is 0 Å². The summed E-state index contributed by atoms with van der Waals surface area (Å²) in [4.78, 5) is 13.2. The standard InChI is InChI=1S/C15H20N4S/c1-4-8-16-12(3)13-6-5-9-17-14(13)20-15-18-10-7-11(2)19-15/h5-7,9-10,12,16H,4,8H2,1-3H3. The van der Waals surface area contributed by atoms with Gasteiger partial charge in [-0.1, -0.05) is 13.0 Å². The van der Waals surface area contributed by atoms with E-state index in [1.807, 2.05) is 25.3 Å². The van der Waals surface area contributed by atoms with E-state index in [1.165, 1.54) is 17.3 Å². The van der Waals surface area contributed by atoms with E-state index < -0.39 is 0 Å². The van der Waals surface area contributed by atoms with Gasteiger partial charge in [-0.3, -0.25) is 0 Å². The number of rotatable bonds is 6. The van der Waals surface area contributed by atoms with E-state index >= 15 is 0 Å². The average molecular weight is 288 g/mol. The molecule has 1 unspecified atom stereocenters. The molecule has 0 saturated heterocycles. The molecule has 0 bridgehead atoms. The molecule has 4 nitrogen and oxygen atoms in total. The smallest absolute Gasteiger partial charge is 0.194 e. The van der Waals surface area contributed by atoms with Crippen LogP contribution in [0.15, 0.2) is 40.8 Å². The molecule has 1 N–H and O–H groups in total. The minimum absolute atomic E-state index is 0.274. The predicted octanol–water partition coefficient (Wildman–Crippen LogP) is 3.39. The Morgan fingerprint density at radius 1 is 1.25 bits per heavy atom. The molecule has 2 aromatic heterocycles. The predicted molar refractivity (Wildman–Crippen MR) is 81.8 cm³/mol. The van der Waals surface area contributed by atoms with Crippen LogP contribution in [0.4, 0.5) is 0 Å². The van der Waals surface area contributed by atoms with Crippen LogP contribution in [0.5, 0.6) is 0 Å². The summed E-state index contributed by atoms with van der Waals surface area (Å²) in [6.45, 7) is 7.30. The fourth-order valence-electron chi connectivity index (χ4n) is 1.85. The van der Waals surface area contributed by atoms with Gasteiger partial charge in [0.2, 0.25) is 0 Å². The first-order chi connectivity index (χ1) is 9.70. The summed E-state index contributed by atoms with van der Waals surface area (Å²) in [6, 6.07) is 6.25. The SMILES string of the molecule is CCCNC(C)c1cccnc1Sc1nccc(C)n1. The Balaban J connectivity index is 2.19. The van der Waals surface area contributed by atoms with E-state index in [0.29, 0.717) is 0 Å². The van der Waals surface area contributed by atoms with Crippen molar-refractivity contribution in [1.29, 1.82) is 0 Å². The minimum Gasteiger partial charge on any atom is -0.310 e. The normalized spacial score (nSPS) is 12.3. The Kier molecular flexibility index (Phi) is 5.49. The third kappa shape index (κ3) is 4.02.